The minimum atomic E-state index is -0.399. The fourth-order valence-corrected chi connectivity index (χ4v) is 5.81. The van der Waals surface area contributed by atoms with Crippen LogP contribution in [-0.2, 0) is 17.6 Å². The number of halogens is 1. The number of rotatable bonds is 5. The van der Waals surface area contributed by atoms with E-state index >= 15 is 0 Å². The summed E-state index contributed by atoms with van der Waals surface area (Å²) in [7, 11) is 0. The highest BCUT2D eigenvalue weighted by molar-refractivity contribution is 9.11. The van der Waals surface area contributed by atoms with E-state index in [1.165, 1.54) is 22.5 Å². The Morgan fingerprint density at radius 3 is 2.31 bits per heavy atom. The summed E-state index contributed by atoms with van der Waals surface area (Å²) in [6.45, 7) is 2.06. The molecule has 4 rings (SSSR count). The van der Waals surface area contributed by atoms with Gasteiger partial charge in [0, 0.05) is 5.56 Å². The molecule has 0 saturated heterocycles. The van der Waals surface area contributed by atoms with Crippen LogP contribution in [0.4, 0.5) is 5.00 Å². The molecule has 148 valence electrons. The van der Waals surface area contributed by atoms with Gasteiger partial charge in [0.15, 0.2) is 0 Å². The van der Waals surface area contributed by atoms with Gasteiger partial charge in [0.2, 0.25) is 0 Å². The van der Waals surface area contributed by atoms with Gasteiger partial charge in [-0.1, -0.05) is 42.5 Å². The van der Waals surface area contributed by atoms with Crippen LogP contribution in [0, 0.1) is 0 Å². The van der Waals surface area contributed by atoms with Gasteiger partial charge in [0.05, 0.1) is 16.0 Å². The summed E-state index contributed by atoms with van der Waals surface area (Å²) in [6.07, 6.45) is 1.73. The van der Waals surface area contributed by atoms with E-state index in [1.54, 1.807) is 19.1 Å². The predicted octanol–water partition coefficient (Wildman–Crippen LogP) is 5.82. The van der Waals surface area contributed by atoms with Crippen LogP contribution < -0.4 is 5.32 Å². The maximum Gasteiger partial charge on any atom is 0.341 e. The average Bonchev–Trinajstić information content (AvgIpc) is 3.29. The molecule has 1 aliphatic rings. The second-order valence-electron chi connectivity index (χ2n) is 6.91. The number of hydrogen-bond donors (Lipinski definition) is 1. The number of amides is 1. The van der Waals surface area contributed by atoms with Gasteiger partial charge in [0.1, 0.15) is 5.00 Å². The summed E-state index contributed by atoms with van der Waals surface area (Å²) in [5, 5.41) is 3.44. The van der Waals surface area contributed by atoms with Crippen LogP contribution in [0.15, 0.2) is 58.4 Å². The summed E-state index contributed by atoms with van der Waals surface area (Å²) < 4.78 is 6.20. The molecule has 0 fully saturated rings. The van der Waals surface area contributed by atoms with Crippen molar-refractivity contribution in [2.24, 2.45) is 0 Å². The number of nitrogens with one attached hydrogen (secondary N) is 1. The molecular formula is C23H20BrNO3S. The third kappa shape index (κ3) is 4.00. The second-order valence-corrected chi connectivity index (χ2v) is 9.25. The zero-order chi connectivity index (χ0) is 20.4. The van der Waals surface area contributed by atoms with Crippen molar-refractivity contribution in [1.29, 1.82) is 0 Å². The van der Waals surface area contributed by atoms with Crippen LogP contribution in [-0.4, -0.2) is 18.5 Å². The first kappa shape index (κ1) is 19.9. The Balaban J connectivity index is 1.70. The molecule has 4 nitrogen and oxygen atoms in total. The molecule has 0 radical (unpaired) electrons. The molecule has 1 N–H and O–H groups in total. The van der Waals surface area contributed by atoms with E-state index in [2.05, 4.69) is 33.4 Å². The van der Waals surface area contributed by atoms with Gasteiger partial charge < -0.3 is 10.1 Å². The number of hydrogen-bond acceptors (Lipinski definition) is 4. The number of carbonyl (C=O) groups excluding carboxylic acids is 2. The Morgan fingerprint density at radius 1 is 1.07 bits per heavy atom. The van der Waals surface area contributed by atoms with Crippen molar-refractivity contribution in [3.63, 3.8) is 0 Å². The molecule has 1 aromatic heterocycles. The number of ether oxygens (including phenoxy) is 1. The highest BCUT2D eigenvalue weighted by Crippen LogP contribution is 2.46. The smallest absolute Gasteiger partial charge is 0.341 e. The van der Waals surface area contributed by atoms with Crippen molar-refractivity contribution >= 4 is 44.1 Å². The Hall–Kier alpha value is -2.44. The fourth-order valence-electron chi connectivity index (χ4n) is 3.80. The third-order valence-corrected chi connectivity index (χ3v) is 6.92. The Kier molecular flexibility index (Phi) is 5.83. The zero-order valence-corrected chi connectivity index (χ0v) is 18.3. The Morgan fingerprint density at radius 2 is 1.69 bits per heavy atom. The highest BCUT2D eigenvalue weighted by atomic mass is 79.9. The zero-order valence-electron chi connectivity index (χ0n) is 15.9. The summed E-state index contributed by atoms with van der Waals surface area (Å²) in [6, 6.07) is 17.3. The van der Waals surface area contributed by atoms with Crippen molar-refractivity contribution < 1.29 is 14.3 Å². The van der Waals surface area contributed by atoms with Crippen LogP contribution in [0.5, 0.6) is 0 Å². The standard InChI is InChI=1S/C23H20BrNO3S/c1-2-28-23(27)19-18(17-12-15-10-6-7-11-16(15)13-17)20(24)29-22(19)25-21(26)14-8-4-3-5-9-14/h3-11,17H,2,12-13H2,1H3,(H,25,26). The maximum atomic E-state index is 12.9. The van der Waals surface area contributed by atoms with E-state index in [0.29, 0.717) is 16.1 Å². The minimum absolute atomic E-state index is 0.166. The molecule has 1 heterocycles. The van der Waals surface area contributed by atoms with E-state index in [-0.39, 0.29) is 18.4 Å². The van der Waals surface area contributed by atoms with E-state index in [1.807, 2.05) is 30.3 Å². The van der Waals surface area contributed by atoms with Crippen molar-refractivity contribution in [1.82, 2.24) is 0 Å². The summed E-state index contributed by atoms with van der Waals surface area (Å²) in [4.78, 5) is 25.6. The molecule has 0 bridgehead atoms. The maximum absolute atomic E-state index is 12.9. The summed E-state index contributed by atoms with van der Waals surface area (Å²) in [5.74, 6) is -0.477. The largest absolute Gasteiger partial charge is 0.462 e. The third-order valence-electron chi connectivity index (χ3n) is 5.10. The number of anilines is 1. The first-order valence-electron chi connectivity index (χ1n) is 9.51. The normalized spacial score (nSPS) is 13.2. The molecule has 1 aliphatic carbocycles. The molecule has 3 aromatic rings. The average molecular weight is 470 g/mol. The molecule has 1 amide bonds. The molecule has 0 saturated carbocycles. The van der Waals surface area contributed by atoms with Gasteiger partial charge in [-0.2, -0.15) is 0 Å². The van der Waals surface area contributed by atoms with Crippen LogP contribution in [0.2, 0.25) is 0 Å². The number of thiophene rings is 1. The Bertz CT molecular complexity index is 1040. The van der Waals surface area contributed by atoms with Crippen molar-refractivity contribution in [2.75, 3.05) is 11.9 Å². The highest BCUT2D eigenvalue weighted by Gasteiger charge is 2.33. The SMILES string of the molecule is CCOC(=O)c1c(NC(=O)c2ccccc2)sc(Br)c1C1Cc2ccccc2C1. The molecule has 2 aromatic carbocycles. The molecule has 6 heteroatoms. The molecule has 0 unspecified atom stereocenters. The predicted molar refractivity (Wildman–Crippen MR) is 119 cm³/mol. The lowest BCUT2D eigenvalue weighted by Gasteiger charge is -2.13. The van der Waals surface area contributed by atoms with Gasteiger partial charge >= 0.3 is 5.97 Å². The van der Waals surface area contributed by atoms with Gasteiger partial charge in [-0.25, -0.2) is 4.79 Å². The van der Waals surface area contributed by atoms with Crippen molar-refractivity contribution in [3.05, 3.63) is 86.2 Å². The first-order valence-corrected chi connectivity index (χ1v) is 11.1. The van der Waals surface area contributed by atoms with E-state index in [9.17, 15) is 9.59 Å². The fraction of sp³-hybridized carbons (Fsp3) is 0.217. The van der Waals surface area contributed by atoms with Gasteiger partial charge in [0.25, 0.3) is 5.91 Å². The number of carbonyl (C=O) groups is 2. The van der Waals surface area contributed by atoms with Gasteiger partial charge in [-0.15, -0.1) is 11.3 Å². The molecule has 29 heavy (non-hydrogen) atoms. The van der Waals surface area contributed by atoms with Crippen molar-refractivity contribution in [2.45, 2.75) is 25.7 Å². The first-order chi connectivity index (χ1) is 14.1. The van der Waals surface area contributed by atoms with Crippen LogP contribution in [0.25, 0.3) is 0 Å². The molecule has 0 aliphatic heterocycles. The minimum Gasteiger partial charge on any atom is -0.462 e. The number of fused-ring (bicyclic) bond motifs is 1. The van der Waals surface area contributed by atoms with E-state index < -0.39 is 5.97 Å². The lowest BCUT2D eigenvalue weighted by Crippen LogP contribution is -2.16. The molecule has 0 atom stereocenters. The van der Waals surface area contributed by atoms with Crippen molar-refractivity contribution in [3.8, 4) is 0 Å². The van der Waals surface area contributed by atoms with Crippen LogP contribution in [0.3, 0.4) is 0 Å². The lowest BCUT2D eigenvalue weighted by atomic mass is 9.95. The summed E-state index contributed by atoms with van der Waals surface area (Å²) in [5.41, 5.74) is 4.54. The molecule has 0 spiro atoms. The summed E-state index contributed by atoms with van der Waals surface area (Å²) >= 11 is 5.02. The van der Waals surface area contributed by atoms with Crippen LogP contribution in [0.1, 0.15) is 50.2 Å². The van der Waals surface area contributed by atoms with Crippen LogP contribution >= 0.6 is 27.3 Å². The van der Waals surface area contributed by atoms with Gasteiger partial charge in [-0.3, -0.25) is 4.79 Å². The van der Waals surface area contributed by atoms with Gasteiger partial charge in [-0.05, 0) is 70.4 Å². The molecular weight excluding hydrogens is 450 g/mol. The number of benzene rings is 2. The quantitative estimate of drug-likeness (QED) is 0.478. The lowest BCUT2D eigenvalue weighted by molar-refractivity contribution is 0.0526. The monoisotopic (exact) mass is 469 g/mol. The van der Waals surface area contributed by atoms with E-state index in [0.717, 1.165) is 22.2 Å². The Labute approximate surface area is 182 Å². The number of esters is 1. The van der Waals surface area contributed by atoms with E-state index in [4.69, 9.17) is 4.74 Å². The second kappa shape index (κ2) is 8.51. The topological polar surface area (TPSA) is 55.4 Å².